The Hall–Kier alpha value is -0.386. The van der Waals surface area contributed by atoms with Gasteiger partial charge < -0.3 is 16.2 Å². The third-order valence-corrected chi connectivity index (χ3v) is 0.622. The molecular weight excluding hydrogens is 172 g/mol. The summed E-state index contributed by atoms with van der Waals surface area (Å²) in [6, 6.07) is 0. The average molecular weight is 180 g/mol. The van der Waals surface area contributed by atoms with E-state index in [0.29, 0.717) is 0 Å². The van der Waals surface area contributed by atoms with Gasteiger partial charge in [0, 0.05) is 21.7 Å². The second-order valence-electron chi connectivity index (χ2n) is 1.37. The van der Waals surface area contributed by atoms with Crippen LogP contribution in [0.3, 0.4) is 0 Å². The molecule has 0 spiro atoms. The Balaban J connectivity index is 0. The standard InChI is InChI=1S/C4H8N2O3.Ti/c5-1-3(7)6-2-4(8)9;/h1-2,5H2,(H,6,7)(H,8,9);. The van der Waals surface area contributed by atoms with Gasteiger partial charge in [-0.05, 0) is 0 Å². The van der Waals surface area contributed by atoms with Crippen LogP contribution in [0, 0.1) is 0 Å². The molecule has 0 fully saturated rings. The maximum Gasteiger partial charge on any atom is 0.322 e. The Bertz CT molecular complexity index is 128. The van der Waals surface area contributed by atoms with Gasteiger partial charge in [0.2, 0.25) is 5.91 Å². The number of hydrogen-bond acceptors (Lipinski definition) is 3. The molecule has 0 bridgehead atoms. The molecule has 4 N–H and O–H groups in total. The summed E-state index contributed by atoms with van der Waals surface area (Å²) in [5.41, 5.74) is 4.85. The molecule has 0 aliphatic carbocycles. The van der Waals surface area contributed by atoms with E-state index in [2.05, 4.69) is 5.32 Å². The number of amides is 1. The van der Waals surface area contributed by atoms with Gasteiger partial charge in [-0.3, -0.25) is 9.59 Å². The number of hydrogen-bond donors (Lipinski definition) is 3. The summed E-state index contributed by atoms with van der Waals surface area (Å²) in [6.07, 6.45) is 0. The average Bonchev–Trinajstić information content (AvgIpc) is 1.83. The van der Waals surface area contributed by atoms with Crippen molar-refractivity contribution < 1.29 is 36.4 Å². The Morgan fingerprint density at radius 2 is 2.00 bits per heavy atom. The first-order valence-corrected chi connectivity index (χ1v) is 2.35. The van der Waals surface area contributed by atoms with E-state index in [4.69, 9.17) is 10.8 Å². The minimum atomic E-state index is -1.07. The van der Waals surface area contributed by atoms with Crippen LogP contribution in [-0.4, -0.2) is 30.1 Å². The number of nitrogens with two attached hydrogens (primary N) is 1. The smallest absolute Gasteiger partial charge is 0.322 e. The number of aliphatic carboxylic acids is 1. The van der Waals surface area contributed by atoms with Gasteiger partial charge in [-0.2, -0.15) is 0 Å². The maximum atomic E-state index is 10.2. The molecule has 56 valence electrons. The van der Waals surface area contributed by atoms with Crippen LogP contribution in [0.2, 0.25) is 0 Å². The molecule has 0 aliphatic heterocycles. The fraction of sp³-hybridized carbons (Fsp3) is 0.500. The molecular formula is C4H8N2O3Ti. The first-order chi connectivity index (χ1) is 4.16. The van der Waals surface area contributed by atoms with Crippen LogP contribution in [0.25, 0.3) is 0 Å². The van der Waals surface area contributed by atoms with Crippen molar-refractivity contribution in [2.45, 2.75) is 0 Å². The predicted molar refractivity (Wildman–Crippen MR) is 29.7 cm³/mol. The first kappa shape index (κ1) is 12.3. The zero-order chi connectivity index (χ0) is 7.28. The Labute approximate surface area is 72.8 Å². The van der Waals surface area contributed by atoms with Crippen molar-refractivity contribution in [3.8, 4) is 0 Å². The molecule has 0 rings (SSSR count). The fourth-order valence-corrected chi connectivity index (χ4v) is 0.246. The van der Waals surface area contributed by atoms with Crippen LogP contribution in [0.5, 0.6) is 0 Å². The van der Waals surface area contributed by atoms with E-state index in [-0.39, 0.29) is 34.8 Å². The van der Waals surface area contributed by atoms with Crippen molar-refractivity contribution in [3.05, 3.63) is 0 Å². The molecule has 6 heteroatoms. The van der Waals surface area contributed by atoms with Gasteiger partial charge in [0.15, 0.2) is 0 Å². The van der Waals surface area contributed by atoms with E-state index in [9.17, 15) is 9.59 Å². The van der Waals surface area contributed by atoms with E-state index in [1.807, 2.05) is 0 Å². The molecule has 0 heterocycles. The molecule has 0 aromatic rings. The Morgan fingerprint density at radius 3 is 2.30 bits per heavy atom. The summed E-state index contributed by atoms with van der Waals surface area (Å²) >= 11 is 0. The Kier molecular flexibility index (Phi) is 8.28. The molecule has 0 aromatic heterocycles. The summed E-state index contributed by atoms with van der Waals surface area (Å²) in [7, 11) is 0. The number of carboxylic acids is 1. The minimum Gasteiger partial charge on any atom is -0.480 e. The van der Waals surface area contributed by atoms with Crippen molar-refractivity contribution >= 4 is 11.9 Å². The van der Waals surface area contributed by atoms with E-state index < -0.39 is 11.9 Å². The summed E-state index contributed by atoms with van der Waals surface area (Å²) in [5.74, 6) is -1.53. The van der Waals surface area contributed by atoms with E-state index in [1.165, 1.54) is 0 Å². The zero-order valence-electron chi connectivity index (χ0n) is 5.26. The van der Waals surface area contributed by atoms with E-state index >= 15 is 0 Å². The minimum absolute atomic E-state index is 0. The number of carboxylic acid groups (broad SMARTS) is 1. The van der Waals surface area contributed by atoms with Crippen LogP contribution >= 0.6 is 0 Å². The monoisotopic (exact) mass is 180 g/mol. The van der Waals surface area contributed by atoms with Crippen molar-refractivity contribution in [3.63, 3.8) is 0 Å². The molecule has 0 radical (unpaired) electrons. The van der Waals surface area contributed by atoms with Gasteiger partial charge in [-0.15, -0.1) is 0 Å². The summed E-state index contributed by atoms with van der Waals surface area (Å²) in [5, 5.41) is 10.1. The maximum absolute atomic E-state index is 10.2. The van der Waals surface area contributed by atoms with Crippen LogP contribution in [-0.2, 0) is 31.3 Å². The third-order valence-electron chi connectivity index (χ3n) is 0.622. The Morgan fingerprint density at radius 1 is 1.50 bits per heavy atom. The van der Waals surface area contributed by atoms with Gasteiger partial charge in [-0.1, -0.05) is 0 Å². The van der Waals surface area contributed by atoms with Gasteiger partial charge >= 0.3 is 5.97 Å². The second-order valence-corrected chi connectivity index (χ2v) is 1.37. The summed E-state index contributed by atoms with van der Waals surface area (Å²) in [4.78, 5) is 20.0. The SMILES string of the molecule is NCC(=O)NCC(=O)O.[Ti]. The van der Waals surface area contributed by atoms with Crippen LogP contribution in [0.1, 0.15) is 0 Å². The quantitative estimate of drug-likeness (QED) is 0.444. The first-order valence-electron chi connectivity index (χ1n) is 2.35. The van der Waals surface area contributed by atoms with Gasteiger partial charge in [0.05, 0.1) is 6.54 Å². The molecule has 0 aliphatic rings. The topological polar surface area (TPSA) is 92.4 Å². The molecule has 0 aromatic carbocycles. The van der Waals surface area contributed by atoms with Crippen LogP contribution in [0.4, 0.5) is 0 Å². The van der Waals surface area contributed by atoms with Gasteiger partial charge in [0.25, 0.3) is 0 Å². The molecule has 0 unspecified atom stereocenters. The van der Waals surface area contributed by atoms with E-state index in [1.54, 1.807) is 0 Å². The second kappa shape index (κ2) is 6.73. The van der Waals surface area contributed by atoms with Crippen molar-refractivity contribution in [1.82, 2.24) is 5.32 Å². The molecule has 1 amide bonds. The number of carbonyl (C=O) groups excluding carboxylic acids is 1. The summed E-state index contributed by atoms with van der Waals surface area (Å²) in [6.45, 7) is -0.538. The van der Waals surface area contributed by atoms with Crippen molar-refractivity contribution in [2.75, 3.05) is 13.1 Å². The number of nitrogens with one attached hydrogen (secondary N) is 1. The van der Waals surface area contributed by atoms with E-state index in [0.717, 1.165) is 0 Å². The number of carbonyl (C=O) groups is 2. The predicted octanol–water partition coefficient (Wildman–Crippen LogP) is -1.86. The molecule has 0 saturated carbocycles. The van der Waals surface area contributed by atoms with Crippen LogP contribution < -0.4 is 11.1 Å². The van der Waals surface area contributed by atoms with Crippen LogP contribution in [0.15, 0.2) is 0 Å². The molecule has 10 heavy (non-hydrogen) atoms. The molecule has 0 atom stereocenters. The number of rotatable bonds is 3. The molecule has 5 nitrogen and oxygen atoms in total. The third kappa shape index (κ3) is 7.61. The normalized spacial score (nSPS) is 7.70. The zero-order valence-corrected chi connectivity index (χ0v) is 6.82. The molecule has 0 saturated heterocycles. The summed E-state index contributed by atoms with van der Waals surface area (Å²) < 4.78 is 0. The van der Waals surface area contributed by atoms with Gasteiger partial charge in [-0.25, -0.2) is 0 Å². The largest absolute Gasteiger partial charge is 0.480 e. The van der Waals surface area contributed by atoms with Crippen molar-refractivity contribution in [1.29, 1.82) is 0 Å². The van der Waals surface area contributed by atoms with Crippen molar-refractivity contribution in [2.24, 2.45) is 5.73 Å². The van der Waals surface area contributed by atoms with Gasteiger partial charge in [0.1, 0.15) is 6.54 Å². The fourth-order valence-electron chi connectivity index (χ4n) is 0.246.